The maximum absolute atomic E-state index is 12.8. The van der Waals surface area contributed by atoms with Crippen molar-refractivity contribution < 1.29 is 28.6 Å². The highest BCUT2D eigenvalue weighted by atomic mass is 16.6. The molecule has 0 saturated heterocycles. The molecule has 0 unspecified atom stereocenters. The highest BCUT2D eigenvalue weighted by Gasteiger charge is 2.19. The third-order valence-electron chi connectivity index (χ3n) is 11.9. The van der Waals surface area contributed by atoms with Gasteiger partial charge in [0.2, 0.25) is 0 Å². The van der Waals surface area contributed by atoms with E-state index in [9.17, 15) is 14.4 Å². The summed E-state index contributed by atoms with van der Waals surface area (Å²) in [6, 6.07) is 0. The van der Waals surface area contributed by atoms with Crippen molar-refractivity contribution in [3.63, 3.8) is 0 Å². The normalized spacial score (nSPS) is 12.2. The molecule has 0 aliphatic heterocycles. The van der Waals surface area contributed by atoms with Crippen LogP contribution in [-0.4, -0.2) is 37.2 Å². The van der Waals surface area contributed by atoms with E-state index in [0.717, 1.165) is 75.5 Å². The Morgan fingerprint density at radius 2 is 0.492 bits per heavy atom. The second kappa shape index (κ2) is 44.5. The summed E-state index contributed by atoms with van der Waals surface area (Å²) in [6.07, 6.45) is 43.8. The minimum atomic E-state index is -0.763. The van der Waals surface area contributed by atoms with Crippen LogP contribution in [0.4, 0.5) is 0 Å². The fraction of sp³-hybridized carbons (Fsp3) is 0.943. The molecule has 0 aromatic heterocycles. The zero-order chi connectivity index (χ0) is 43.4. The molecule has 0 saturated carbocycles. The van der Waals surface area contributed by atoms with Crippen LogP contribution in [0.5, 0.6) is 0 Å². The molecule has 59 heavy (non-hydrogen) atoms. The summed E-state index contributed by atoms with van der Waals surface area (Å²) in [5.74, 6) is 1.60. The van der Waals surface area contributed by atoms with Crippen LogP contribution in [0.15, 0.2) is 0 Å². The molecule has 0 aromatic carbocycles. The van der Waals surface area contributed by atoms with Gasteiger partial charge in [0.05, 0.1) is 0 Å². The van der Waals surface area contributed by atoms with Crippen molar-refractivity contribution in [2.45, 2.75) is 292 Å². The number of rotatable bonds is 46. The molecule has 0 bridgehead atoms. The van der Waals surface area contributed by atoms with E-state index >= 15 is 0 Å². The fourth-order valence-electron chi connectivity index (χ4n) is 7.94. The van der Waals surface area contributed by atoms with Gasteiger partial charge >= 0.3 is 17.9 Å². The highest BCUT2D eigenvalue weighted by molar-refractivity contribution is 5.71. The molecule has 0 N–H and O–H groups in total. The number of esters is 3. The van der Waals surface area contributed by atoms with Crippen LogP contribution in [0.3, 0.4) is 0 Å². The van der Waals surface area contributed by atoms with Crippen molar-refractivity contribution in [1.82, 2.24) is 0 Å². The Labute approximate surface area is 368 Å². The number of unbranched alkanes of at least 4 members (excludes halogenated alkanes) is 29. The molecule has 0 rings (SSSR count). The third kappa shape index (κ3) is 47.3. The van der Waals surface area contributed by atoms with Gasteiger partial charge in [0.25, 0.3) is 0 Å². The van der Waals surface area contributed by atoms with Gasteiger partial charge in [-0.05, 0) is 37.0 Å². The average molecular weight is 835 g/mol. The van der Waals surface area contributed by atoms with Crippen molar-refractivity contribution in [3.8, 4) is 0 Å². The van der Waals surface area contributed by atoms with Crippen molar-refractivity contribution in [3.05, 3.63) is 0 Å². The van der Waals surface area contributed by atoms with Crippen molar-refractivity contribution in [1.29, 1.82) is 0 Å². The lowest BCUT2D eigenvalue weighted by Gasteiger charge is -2.18. The second-order valence-electron chi connectivity index (χ2n) is 19.6. The number of ether oxygens (including phenoxy) is 3. The van der Waals surface area contributed by atoms with Gasteiger partial charge in [-0.15, -0.1) is 0 Å². The number of hydrogen-bond acceptors (Lipinski definition) is 6. The SMILES string of the molecule is CC(C)CCCCCCCCCCCCCCCCCC(=O)O[C@H](COC(=O)CCCCCCCCCCCC(C)C)COC(=O)CCCCCCCCCCC(C)C. The highest BCUT2D eigenvalue weighted by Crippen LogP contribution is 2.18. The lowest BCUT2D eigenvalue weighted by Crippen LogP contribution is -2.30. The molecule has 350 valence electrons. The smallest absolute Gasteiger partial charge is 0.306 e. The van der Waals surface area contributed by atoms with E-state index in [1.54, 1.807) is 0 Å². The molecule has 0 spiro atoms. The van der Waals surface area contributed by atoms with E-state index in [2.05, 4.69) is 41.5 Å². The Balaban J connectivity index is 4.29. The standard InChI is InChI=1S/C53H102O6/c1-47(2)39-33-27-21-15-12-10-8-7-9-11-13-17-26-32-38-44-53(56)59-50(46-58-52(55)43-37-31-25-20-19-23-29-35-41-49(5)6)45-57-51(54)42-36-30-24-18-14-16-22-28-34-40-48(3)4/h47-50H,7-46H2,1-6H3/t50-/m1/s1. The van der Waals surface area contributed by atoms with E-state index in [-0.39, 0.29) is 31.1 Å². The second-order valence-corrected chi connectivity index (χ2v) is 19.6. The molecule has 0 radical (unpaired) electrons. The number of carbonyl (C=O) groups excluding carboxylic acids is 3. The first-order chi connectivity index (χ1) is 28.6. The van der Waals surface area contributed by atoms with Crippen molar-refractivity contribution >= 4 is 17.9 Å². The topological polar surface area (TPSA) is 78.9 Å². The predicted molar refractivity (Wildman–Crippen MR) is 252 cm³/mol. The van der Waals surface area contributed by atoms with Gasteiger partial charge < -0.3 is 14.2 Å². The summed E-state index contributed by atoms with van der Waals surface area (Å²) in [5, 5.41) is 0. The fourth-order valence-corrected chi connectivity index (χ4v) is 7.94. The molecule has 6 heteroatoms. The Bertz CT molecular complexity index is 914. The Morgan fingerprint density at radius 1 is 0.288 bits per heavy atom. The third-order valence-corrected chi connectivity index (χ3v) is 11.9. The van der Waals surface area contributed by atoms with Crippen LogP contribution >= 0.6 is 0 Å². The molecule has 0 heterocycles. The average Bonchev–Trinajstić information content (AvgIpc) is 3.19. The summed E-state index contributed by atoms with van der Waals surface area (Å²) >= 11 is 0. The first kappa shape index (κ1) is 57.4. The minimum absolute atomic E-state index is 0.0652. The quantitative estimate of drug-likeness (QED) is 0.0345. The first-order valence-corrected chi connectivity index (χ1v) is 26.1. The summed E-state index contributed by atoms with van der Waals surface area (Å²) in [4.78, 5) is 37.9. The molecule has 0 fully saturated rings. The van der Waals surface area contributed by atoms with E-state index in [1.807, 2.05) is 0 Å². The van der Waals surface area contributed by atoms with Crippen molar-refractivity contribution in [2.24, 2.45) is 17.8 Å². The van der Waals surface area contributed by atoms with Gasteiger partial charge in [0.15, 0.2) is 6.10 Å². The predicted octanol–water partition coefficient (Wildman–Crippen LogP) is 16.8. The summed E-state index contributed by atoms with van der Waals surface area (Å²) in [6.45, 7) is 13.7. The molecular weight excluding hydrogens is 733 g/mol. The maximum Gasteiger partial charge on any atom is 0.306 e. The molecule has 6 nitrogen and oxygen atoms in total. The van der Waals surface area contributed by atoms with Crippen molar-refractivity contribution in [2.75, 3.05) is 13.2 Å². The van der Waals surface area contributed by atoms with Gasteiger partial charge in [-0.25, -0.2) is 0 Å². The molecule has 0 amide bonds. The van der Waals surface area contributed by atoms with Gasteiger partial charge in [0, 0.05) is 19.3 Å². The van der Waals surface area contributed by atoms with Crippen LogP contribution in [0.2, 0.25) is 0 Å². The van der Waals surface area contributed by atoms with Crippen LogP contribution in [-0.2, 0) is 28.6 Å². The summed E-state index contributed by atoms with van der Waals surface area (Å²) < 4.78 is 16.8. The molecule has 0 aliphatic carbocycles. The Kier molecular flexibility index (Phi) is 43.3. The van der Waals surface area contributed by atoms with E-state index in [4.69, 9.17) is 14.2 Å². The largest absolute Gasteiger partial charge is 0.462 e. The van der Waals surface area contributed by atoms with Crippen LogP contribution in [0.25, 0.3) is 0 Å². The maximum atomic E-state index is 12.8. The van der Waals surface area contributed by atoms with Crippen LogP contribution < -0.4 is 0 Å². The van der Waals surface area contributed by atoms with Gasteiger partial charge in [-0.2, -0.15) is 0 Å². The summed E-state index contributed by atoms with van der Waals surface area (Å²) in [7, 11) is 0. The molecule has 0 aliphatic rings. The van der Waals surface area contributed by atoms with Gasteiger partial charge in [0.1, 0.15) is 13.2 Å². The van der Waals surface area contributed by atoms with E-state index < -0.39 is 6.10 Å². The van der Waals surface area contributed by atoms with Gasteiger partial charge in [-0.3, -0.25) is 14.4 Å². The Hall–Kier alpha value is -1.59. The van der Waals surface area contributed by atoms with E-state index in [1.165, 1.54) is 167 Å². The zero-order valence-electron chi connectivity index (χ0n) is 40.5. The van der Waals surface area contributed by atoms with Crippen LogP contribution in [0.1, 0.15) is 286 Å². The first-order valence-electron chi connectivity index (χ1n) is 26.1. The number of carbonyl (C=O) groups is 3. The van der Waals surface area contributed by atoms with Gasteiger partial charge in [-0.1, -0.05) is 247 Å². The van der Waals surface area contributed by atoms with E-state index in [0.29, 0.717) is 19.3 Å². The number of hydrogen-bond donors (Lipinski definition) is 0. The lowest BCUT2D eigenvalue weighted by atomic mass is 10.0. The van der Waals surface area contributed by atoms with Crippen LogP contribution in [0, 0.1) is 17.8 Å². The Morgan fingerprint density at radius 3 is 0.729 bits per heavy atom. The summed E-state index contributed by atoms with van der Waals surface area (Å²) in [5.41, 5.74) is 0. The molecule has 1 atom stereocenters. The molecule has 0 aromatic rings. The monoisotopic (exact) mass is 835 g/mol. The minimum Gasteiger partial charge on any atom is -0.462 e. The zero-order valence-corrected chi connectivity index (χ0v) is 40.5. The molecular formula is C53H102O6. The lowest BCUT2D eigenvalue weighted by molar-refractivity contribution is -0.167.